The Kier molecular flexibility index (Phi) is 7.60. The highest BCUT2D eigenvalue weighted by molar-refractivity contribution is 6.03. The van der Waals surface area contributed by atoms with Gasteiger partial charge in [0.05, 0.1) is 12.8 Å². The number of benzene rings is 2. The molecule has 1 aliphatic rings. The lowest BCUT2D eigenvalue weighted by Gasteiger charge is -2.22. The van der Waals surface area contributed by atoms with Crippen molar-refractivity contribution in [3.63, 3.8) is 0 Å². The molecular formula is C26H28N4O4. The highest BCUT2D eigenvalue weighted by atomic mass is 16.3. The second-order valence-corrected chi connectivity index (χ2v) is 8.30. The normalized spacial score (nSPS) is 13.6. The number of anilines is 3. The van der Waals surface area contributed by atoms with Gasteiger partial charge in [0.25, 0.3) is 11.8 Å². The number of carbonyl (C=O) groups excluding carboxylic acids is 3. The van der Waals surface area contributed by atoms with Gasteiger partial charge in [-0.3, -0.25) is 14.4 Å². The van der Waals surface area contributed by atoms with Crippen LogP contribution in [0, 0.1) is 0 Å². The van der Waals surface area contributed by atoms with Gasteiger partial charge in [-0.15, -0.1) is 0 Å². The first-order valence-corrected chi connectivity index (χ1v) is 11.5. The minimum Gasteiger partial charge on any atom is -0.459 e. The van der Waals surface area contributed by atoms with E-state index in [0.29, 0.717) is 22.6 Å². The molecule has 1 heterocycles. The third-order valence-corrected chi connectivity index (χ3v) is 5.67. The molecule has 3 aromatic rings. The zero-order valence-corrected chi connectivity index (χ0v) is 18.8. The highest BCUT2D eigenvalue weighted by Crippen LogP contribution is 2.19. The summed E-state index contributed by atoms with van der Waals surface area (Å²) in [5, 5.41) is 11.7. The van der Waals surface area contributed by atoms with E-state index in [1.54, 1.807) is 54.6 Å². The van der Waals surface area contributed by atoms with Crippen molar-refractivity contribution in [1.29, 1.82) is 0 Å². The Labute approximate surface area is 198 Å². The number of nitrogens with one attached hydrogen (secondary N) is 4. The van der Waals surface area contributed by atoms with Crippen LogP contribution in [-0.4, -0.2) is 30.3 Å². The van der Waals surface area contributed by atoms with E-state index in [2.05, 4.69) is 21.3 Å². The molecule has 1 aliphatic carbocycles. The van der Waals surface area contributed by atoms with Crippen molar-refractivity contribution >= 4 is 34.8 Å². The Bertz CT molecular complexity index is 1140. The smallest absolute Gasteiger partial charge is 0.291 e. The van der Waals surface area contributed by atoms with Crippen molar-refractivity contribution in [2.75, 3.05) is 22.5 Å². The van der Waals surface area contributed by atoms with Crippen LogP contribution in [0.15, 0.2) is 71.3 Å². The fourth-order valence-electron chi connectivity index (χ4n) is 3.95. The number of furan rings is 1. The van der Waals surface area contributed by atoms with E-state index in [-0.39, 0.29) is 36.1 Å². The van der Waals surface area contributed by atoms with Gasteiger partial charge in [-0.25, -0.2) is 0 Å². The van der Waals surface area contributed by atoms with Gasteiger partial charge in [0.15, 0.2) is 5.76 Å². The SMILES string of the molecule is O=C(CNc1cccc(C(=O)NC2CCCCC2)c1)Nc1cccc(NC(=O)c2ccco2)c1. The Morgan fingerprint density at radius 1 is 0.794 bits per heavy atom. The Morgan fingerprint density at radius 3 is 2.29 bits per heavy atom. The molecule has 176 valence electrons. The van der Waals surface area contributed by atoms with E-state index >= 15 is 0 Å². The van der Waals surface area contributed by atoms with Gasteiger partial charge in [-0.05, 0) is 61.4 Å². The molecule has 8 heteroatoms. The molecule has 0 radical (unpaired) electrons. The van der Waals surface area contributed by atoms with Crippen molar-refractivity contribution in [1.82, 2.24) is 5.32 Å². The van der Waals surface area contributed by atoms with Crippen LogP contribution in [0.5, 0.6) is 0 Å². The number of rotatable bonds is 8. The average molecular weight is 461 g/mol. The summed E-state index contributed by atoms with van der Waals surface area (Å²) in [6, 6.07) is 17.4. The zero-order chi connectivity index (χ0) is 23.8. The lowest BCUT2D eigenvalue weighted by atomic mass is 9.95. The Morgan fingerprint density at radius 2 is 1.53 bits per heavy atom. The van der Waals surface area contributed by atoms with Gasteiger partial charge in [-0.2, -0.15) is 0 Å². The van der Waals surface area contributed by atoms with Crippen molar-refractivity contribution in [3.8, 4) is 0 Å². The summed E-state index contributed by atoms with van der Waals surface area (Å²) in [4.78, 5) is 37.1. The van der Waals surface area contributed by atoms with Crippen LogP contribution in [0.4, 0.5) is 17.1 Å². The van der Waals surface area contributed by atoms with Crippen LogP contribution in [0.25, 0.3) is 0 Å². The highest BCUT2D eigenvalue weighted by Gasteiger charge is 2.17. The minimum absolute atomic E-state index is 0.0245. The summed E-state index contributed by atoms with van der Waals surface area (Å²) in [6.45, 7) is 0.0245. The van der Waals surface area contributed by atoms with Crippen LogP contribution in [0.3, 0.4) is 0 Å². The molecule has 4 N–H and O–H groups in total. The molecule has 0 atom stereocenters. The fourth-order valence-corrected chi connectivity index (χ4v) is 3.95. The predicted octanol–water partition coefficient (Wildman–Crippen LogP) is 4.65. The standard InChI is InChI=1S/C26H28N4O4/c31-24(28-21-11-5-12-22(16-21)30-26(33)23-13-6-14-34-23)17-27-20-10-4-7-18(15-20)25(32)29-19-8-2-1-3-9-19/h4-7,10-16,19,27H,1-3,8-9,17H2,(H,28,31)(H,29,32)(H,30,33). The number of hydrogen-bond acceptors (Lipinski definition) is 5. The summed E-state index contributed by atoms with van der Waals surface area (Å²) < 4.78 is 5.08. The third kappa shape index (κ3) is 6.48. The van der Waals surface area contributed by atoms with E-state index in [4.69, 9.17) is 4.42 Å². The number of amides is 3. The maximum atomic E-state index is 12.6. The molecule has 0 bridgehead atoms. The van der Waals surface area contributed by atoms with Crippen LogP contribution in [0.2, 0.25) is 0 Å². The van der Waals surface area contributed by atoms with Gasteiger partial charge in [0.1, 0.15) is 0 Å². The average Bonchev–Trinajstić information content (AvgIpc) is 3.39. The van der Waals surface area contributed by atoms with Crippen molar-refractivity contribution in [2.24, 2.45) is 0 Å². The topological polar surface area (TPSA) is 112 Å². The second kappa shape index (κ2) is 11.2. The number of carbonyl (C=O) groups is 3. The summed E-state index contributed by atoms with van der Waals surface area (Å²) in [5.41, 5.74) is 2.33. The van der Waals surface area contributed by atoms with Crippen LogP contribution >= 0.6 is 0 Å². The van der Waals surface area contributed by atoms with Gasteiger partial charge in [-0.1, -0.05) is 31.4 Å². The number of hydrogen-bond donors (Lipinski definition) is 4. The monoisotopic (exact) mass is 460 g/mol. The molecule has 4 rings (SSSR count). The van der Waals surface area contributed by atoms with Gasteiger partial charge < -0.3 is 25.7 Å². The van der Waals surface area contributed by atoms with E-state index < -0.39 is 0 Å². The summed E-state index contributed by atoms with van der Waals surface area (Å²) in [7, 11) is 0. The quantitative estimate of drug-likeness (QED) is 0.391. The van der Waals surface area contributed by atoms with Crippen molar-refractivity contribution < 1.29 is 18.8 Å². The molecule has 0 aliphatic heterocycles. The summed E-state index contributed by atoms with van der Waals surface area (Å²) in [5.74, 6) is -0.518. The zero-order valence-electron chi connectivity index (χ0n) is 18.8. The van der Waals surface area contributed by atoms with E-state index in [0.717, 1.165) is 25.7 Å². The summed E-state index contributed by atoms with van der Waals surface area (Å²) in [6.07, 6.45) is 7.02. The van der Waals surface area contributed by atoms with Crippen molar-refractivity contribution in [3.05, 3.63) is 78.3 Å². The molecule has 0 spiro atoms. The van der Waals surface area contributed by atoms with Crippen LogP contribution in [-0.2, 0) is 4.79 Å². The molecule has 34 heavy (non-hydrogen) atoms. The third-order valence-electron chi connectivity index (χ3n) is 5.67. The molecular weight excluding hydrogens is 432 g/mol. The van der Waals surface area contributed by atoms with Crippen LogP contribution in [0.1, 0.15) is 53.0 Å². The maximum absolute atomic E-state index is 12.6. The molecule has 2 aromatic carbocycles. The Balaban J connectivity index is 1.28. The molecule has 1 fully saturated rings. The van der Waals surface area contributed by atoms with E-state index in [9.17, 15) is 14.4 Å². The van der Waals surface area contributed by atoms with Crippen LogP contribution < -0.4 is 21.3 Å². The fraction of sp³-hybridized carbons (Fsp3) is 0.269. The molecule has 1 saturated carbocycles. The van der Waals surface area contributed by atoms with Gasteiger partial charge in [0.2, 0.25) is 5.91 Å². The van der Waals surface area contributed by atoms with Gasteiger partial charge >= 0.3 is 0 Å². The lowest BCUT2D eigenvalue weighted by Crippen LogP contribution is -2.36. The lowest BCUT2D eigenvalue weighted by molar-refractivity contribution is -0.114. The molecule has 0 unspecified atom stereocenters. The molecule has 0 saturated heterocycles. The second-order valence-electron chi connectivity index (χ2n) is 8.30. The molecule has 3 amide bonds. The van der Waals surface area contributed by atoms with Gasteiger partial charge in [0, 0.05) is 28.7 Å². The first-order chi connectivity index (χ1) is 16.6. The summed E-state index contributed by atoms with van der Waals surface area (Å²) >= 11 is 0. The molecule has 1 aromatic heterocycles. The Hall–Kier alpha value is -4.07. The maximum Gasteiger partial charge on any atom is 0.291 e. The molecule has 8 nitrogen and oxygen atoms in total. The predicted molar refractivity (Wildman–Crippen MR) is 131 cm³/mol. The van der Waals surface area contributed by atoms with Crippen molar-refractivity contribution in [2.45, 2.75) is 38.1 Å². The van der Waals surface area contributed by atoms with E-state index in [1.165, 1.54) is 12.7 Å². The first kappa shape index (κ1) is 23.1. The largest absolute Gasteiger partial charge is 0.459 e. The van der Waals surface area contributed by atoms with E-state index in [1.807, 2.05) is 6.07 Å². The first-order valence-electron chi connectivity index (χ1n) is 11.5. The minimum atomic E-state index is -0.373.